The third kappa shape index (κ3) is 7.08. The number of β-lactam (4-membered cyclic amide) rings is 1. The van der Waals surface area contributed by atoms with Gasteiger partial charge in [0, 0.05) is 40.5 Å². The van der Waals surface area contributed by atoms with Crippen LogP contribution in [0.5, 0.6) is 0 Å². The fraction of sp³-hybridized carbons (Fsp3) is 0.194. The van der Waals surface area contributed by atoms with Crippen molar-refractivity contribution in [3.8, 4) is 0 Å². The molecule has 4 N–H and O–H groups in total. The molecular formula is C31H27N7O6S3. The second-order valence-corrected chi connectivity index (χ2v) is 13.3. The van der Waals surface area contributed by atoms with Crippen LogP contribution in [0.4, 0.5) is 5.13 Å². The van der Waals surface area contributed by atoms with Gasteiger partial charge >= 0.3 is 11.9 Å². The molecule has 2 aromatic heterocycles. The van der Waals surface area contributed by atoms with Gasteiger partial charge in [-0.05, 0) is 11.1 Å². The third-order valence-corrected chi connectivity index (χ3v) is 10.4. The highest BCUT2D eigenvalue weighted by molar-refractivity contribution is 8.05. The molecule has 1 fully saturated rings. The number of aromatic nitrogens is 3. The number of aromatic amines is 1. The molecule has 2 aliphatic heterocycles. The summed E-state index contributed by atoms with van der Waals surface area (Å²) in [5.41, 5.74) is 8.07. The van der Waals surface area contributed by atoms with Gasteiger partial charge in [0.25, 0.3) is 11.8 Å². The van der Waals surface area contributed by atoms with Crippen LogP contribution in [-0.4, -0.2) is 66.7 Å². The van der Waals surface area contributed by atoms with Crippen LogP contribution in [-0.2, 0) is 34.5 Å². The van der Waals surface area contributed by atoms with Crippen molar-refractivity contribution in [1.82, 2.24) is 25.4 Å². The smallest absolute Gasteiger partial charge is 0.356 e. The van der Waals surface area contributed by atoms with Gasteiger partial charge in [-0.2, -0.15) is 5.10 Å². The van der Waals surface area contributed by atoms with Crippen LogP contribution in [0, 0.1) is 0 Å². The molecule has 0 spiro atoms. The minimum Gasteiger partial charge on any atom is -0.448 e. The van der Waals surface area contributed by atoms with Crippen molar-refractivity contribution < 1.29 is 28.8 Å². The van der Waals surface area contributed by atoms with Gasteiger partial charge in [-0.15, -0.1) is 34.9 Å². The number of hydrogen-bond acceptors (Lipinski definition) is 13. The number of amides is 2. The zero-order valence-corrected chi connectivity index (χ0v) is 27.1. The molecule has 0 saturated carbocycles. The van der Waals surface area contributed by atoms with E-state index in [2.05, 4.69) is 25.7 Å². The van der Waals surface area contributed by atoms with E-state index in [1.807, 2.05) is 60.7 Å². The standard InChI is InChI=1S/C31H27N7O6S3/c1-17(39)44-37-23(21-15-47-31(32)35-21)27(40)36-24-28(41)38-25(22(16-46-29(24)38)45-14-18-12-33-34-13-18)30(42)43-26(19-8-4-2-5-9-19)20-10-6-3-7-11-20/h2-13,15,24,26,29H,14,16H2,1H3,(H2,32,35)(H,33,34)(H,36,40)/b37-23+/t24-,29-/m1/s1. The Hall–Kier alpha value is -4.93. The highest BCUT2D eigenvalue weighted by Gasteiger charge is 2.55. The molecule has 4 heterocycles. The number of nitrogens with one attached hydrogen (secondary N) is 2. The number of esters is 1. The molecule has 0 radical (unpaired) electrons. The van der Waals surface area contributed by atoms with Gasteiger partial charge in [0.15, 0.2) is 16.9 Å². The predicted molar refractivity (Wildman–Crippen MR) is 178 cm³/mol. The maximum absolute atomic E-state index is 14.1. The topological polar surface area (TPSA) is 182 Å². The van der Waals surface area contributed by atoms with Crippen molar-refractivity contribution in [2.75, 3.05) is 11.5 Å². The Balaban J connectivity index is 1.28. The maximum Gasteiger partial charge on any atom is 0.356 e. The van der Waals surface area contributed by atoms with Crippen LogP contribution in [0.15, 0.2) is 94.2 Å². The van der Waals surface area contributed by atoms with Crippen LogP contribution >= 0.6 is 34.9 Å². The van der Waals surface area contributed by atoms with Crippen molar-refractivity contribution in [2.45, 2.75) is 30.2 Å². The summed E-state index contributed by atoms with van der Waals surface area (Å²) in [5.74, 6) is -1.84. The number of H-pyrrole nitrogens is 1. The Morgan fingerprint density at radius 3 is 2.45 bits per heavy atom. The highest BCUT2D eigenvalue weighted by Crippen LogP contribution is 2.45. The molecule has 240 valence electrons. The zero-order chi connectivity index (χ0) is 32.9. The maximum atomic E-state index is 14.1. The van der Waals surface area contributed by atoms with Crippen LogP contribution in [0.2, 0.25) is 0 Å². The van der Waals surface area contributed by atoms with E-state index in [9.17, 15) is 19.2 Å². The second kappa shape index (κ2) is 14.2. The van der Waals surface area contributed by atoms with Gasteiger partial charge < -0.3 is 20.6 Å². The summed E-state index contributed by atoms with van der Waals surface area (Å²) >= 11 is 3.88. The number of anilines is 1. The first-order valence-corrected chi connectivity index (χ1v) is 17.1. The van der Waals surface area contributed by atoms with Gasteiger partial charge in [0.2, 0.25) is 0 Å². The quantitative estimate of drug-likeness (QED) is 0.0688. The largest absolute Gasteiger partial charge is 0.448 e. The minimum atomic E-state index is -1.01. The summed E-state index contributed by atoms with van der Waals surface area (Å²) < 4.78 is 6.19. The Bertz CT molecular complexity index is 1810. The molecule has 0 bridgehead atoms. The third-order valence-electron chi connectivity index (χ3n) is 7.06. The molecule has 47 heavy (non-hydrogen) atoms. The first kappa shape index (κ1) is 32.0. The lowest BCUT2D eigenvalue weighted by Gasteiger charge is -2.49. The molecule has 2 aliphatic rings. The van der Waals surface area contributed by atoms with Gasteiger partial charge in [-0.1, -0.05) is 65.8 Å². The van der Waals surface area contributed by atoms with Gasteiger partial charge in [-0.25, -0.2) is 14.6 Å². The predicted octanol–water partition coefficient (Wildman–Crippen LogP) is 3.59. The van der Waals surface area contributed by atoms with Crippen LogP contribution in [0.25, 0.3) is 0 Å². The van der Waals surface area contributed by atoms with E-state index in [0.29, 0.717) is 16.4 Å². The highest BCUT2D eigenvalue weighted by atomic mass is 32.2. The molecular weight excluding hydrogens is 663 g/mol. The molecule has 13 nitrogen and oxygen atoms in total. The fourth-order valence-electron chi connectivity index (χ4n) is 4.89. The summed E-state index contributed by atoms with van der Waals surface area (Å²) in [7, 11) is 0. The number of carbonyl (C=O) groups excluding carboxylic acids is 4. The number of thiazole rings is 1. The lowest BCUT2D eigenvalue weighted by atomic mass is 10.0. The number of benzene rings is 2. The first-order valence-electron chi connectivity index (χ1n) is 14.2. The minimum absolute atomic E-state index is 0.0844. The lowest BCUT2D eigenvalue weighted by molar-refractivity contribution is -0.154. The van der Waals surface area contributed by atoms with E-state index in [0.717, 1.165) is 35.0 Å². The van der Waals surface area contributed by atoms with Gasteiger partial charge in [-0.3, -0.25) is 19.6 Å². The molecule has 0 unspecified atom stereocenters. The molecule has 4 aromatic rings. The number of oxime groups is 1. The number of nitrogen functional groups attached to an aromatic ring is 1. The molecule has 16 heteroatoms. The number of fused-ring (bicyclic) bond motifs is 1. The summed E-state index contributed by atoms with van der Waals surface area (Å²) in [4.78, 5) is 63.5. The normalized spacial score (nSPS) is 17.6. The molecule has 2 aromatic carbocycles. The molecule has 2 atom stereocenters. The molecule has 1 saturated heterocycles. The van der Waals surface area contributed by atoms with Crippen LogP contribution < -0.4 is 11.1 Å². The Morgan fingerprint density at radius 2 is 1.85 bits per heavy atom. The number of nitrogens with zero attached hydrogens (tertiary/aromatic N) is 4. The second-order valence-electron chi connectivity index (χ2n) is 10.2. The summed E-state index contributed by atoms with van der Waals surface area (Å²) in [6, 6.07) is 17.7. The van der Waals surface area contributed by atoms with Crippen molar-refractivity contribution in [1.29, 1.82) is 0 Å². The van der Waals surface area contributed by atoms with Crippen LogP contribution in [0.1, 0.15) is 35.4 Å². The molecule has 2 amide bonds. The van der Waals surface area contributed by atoms with Crippen molar-refractivity contribution in [3.63, 3.8) is 0 Å². The Morgan fingerprint density at radius 1 is 1.15 bits per heavy atom. The van der Waals surface area contributed by atoms with E-state index in [1.54, 1.807) is 12.4 Å². The van der Waals surface area contributed by atoms with E-state index >= 15 is 0 Å². The van der Waals surface area contributed by atoms with E-state index in [1.165, 1.54) is 33.8 Å². The number of ether oxygens (including phenoxy) is 1. The number of thioether (sulfide) groups is 2. The fourth-order valence-corrected chi connectivity index (χ4v) is 7.98. The average molecular weight is 690 g/mol. The van der Waals surface area contributed by atoms with Gasteiger partial charge in [0.1, 0.15) is 22.8 Å². The number of hydrogen-bond donors (Lipinski definition) is 3. The Kier molecular flexibility index (Phi) is 9.70. The number of rotatable bonds is 11. The first-order chi connectivity index (χ1) is 22.8. The lowest BCUT2D eigenvalue weighted by Crippen LogP contribution is -2.71. The summed E-state index contributed by atoms with van der Waals surface area (Å²) in [5, 5.41) is 14.1. The molecule has 0 aliphatic carbocycles. The van der Waals surface area contributed by atoms with Gasteiger partial charge in [0.05, 0.1) is 6.20 Å². The van der Waals surface area contributed by atoms with E-state index in [4.69, 9.17) is 15.3 Å². The van der Waals surface area contributed by atoms with Crippen molar-refractivity contribution in [3.05, 3.63) is 111 Å². The number of carbonyl (C=O) groups is 4. The summed E-state index contributed by atoms with van der Waals surface area (Å²) in [6.07, 6.45) is 2.72. The van der Waals surface area contributed by atoms with E-state index < -0.39 is 41.3 Å². The SMILES string of the molecule is CC(=O)O/N=C(/C(=O)N[C@@H]1C(=O)N2C(C(=O)OC(c3ccccc3)c3ccccc3)=C(SCc3cn[nH]c3)CS[C@H]12)c1csc(N)n1. The molecule has 6 rings (SSSR count). The van der Waals surface area contributed by atoms with Crippen molar-refractivity contribution >= 4 is 69.5 Å². The van der Waals surface area contributed by atoms with E-state index in [-0.39, 0.29) is 22.2 Å². The number of nitrogens with two attached hydrogens (primary N) is 1. The Labute approximate surface area is 281 Å². The summed E-state index contributed by atoms with van der Waals surface area (Å²) in [6.45, 7) is 1.13. The monoisotopic (exact) mass is 689 g/mol. The van der Waals surface area contributed by atoms with Crippen molar-refractivity contribution in [2.24, 2.45) is 5.16 Å². The zero-order valence-electron chi connectivity index (χ0n) is 24.7. The average Bonchev–Trinajstić information content (AvgIpc) is 3.77. The van der Waals surface area contributed by atoms with Crippen LogP contribution in [0.3, 0.4) is 0 Å².